The van der Waals surface area contributed by atoms with E-state index < -0.39 is 11.7 Å². The second kappa shape index (κ2) is 4.79. The molecule has 2 nitrogen and oxygen atoms in total. The Morgan fingerprint density at radius 2 is 1.92 bits per heavy atom. The van der Waals surface area contributed by atoms with Crippen molar-refractivity contribution in [2.75, 3.05) is 0 Å². The fourth-order valence-corrected chi connectivity index (χ4v) is 0.406. The minimum atomic E-state index is -4.27. The summed E-state index contributed by atoms with van der Waals surface area (Å²) in [4.78, 5) is 0. The lowest BCUT2D eigenvalue weighted by molar-refractivity contribution is -0.137. The van der Waals surface area contributed by atoms with E-state index >= 15 is 0 Å². The van der Waals surface area contributed by atoms with Gasteiger partial charge in [-0.3, -0.25) is 5.10 Å². The van der Waals surface area contributed by atoms with E-state index in [0.29, 0.717) is 0 Å². The minimum absolute atomic E-state index is 0.736. The highest BCUT2D eigenvalue weighted by atomic mass is 19.4. The largest absolute Gasteiger partial charge is 0.419 e. The van der Waals surface area contributed by atoms with Gasteiger partial charge in [0.15, 0.2) is 0 Å². The third kappa shape index (κ3) is 4.00. The summed E-state index contributed by atoms with van der Waals surface area (Å²) in [5.41, 5.74) is -0.748. The minimum Gasteiger partial charge on any atom is -0.285 e. The summed E-state index contributed by atoms with van der Waals surface area (Å²) in [5.74, 6) is 0. The first-order chi connectivity index (χ1) is 5.52. The number of aromatic amines is 1. The maximum absolute atomic E-state index is 11.6. The van der Waals surface area contributed by atoms with Gasteiger partial charge in [0.2, 0.25) is 0 Å². The van der Waals surface area contributed by atoms with Gasteiger partial charge < -0.3 is 0 Å². The molecule has 0 unspecified atom stereocenters. The van der Waals surface area contributed by atoms with Crippen LogP contribution in [0.5, 0.6) is 0 Å². The van der Waals surface area contributed by atoms with Gasteiger partial charge in [-0.1, -0.05) is 20.3 Å². The SMILES string of the molecule is CCC.FC(F)(F)c1cn[nH]c1. The number of H-pyrrole nitrogens is 1. The average molecular weight is 180 g/mol. The van der Waals surface area contributed by atoms with Gasteiger partial charge in [-0.2, -0.15) is 18.3 Å². The van der Waals surface area contributed by atoms with Crippen molar-refractivity contribution in [1.82, 2.24) is 10.2 Å². The molecule has 1 aromatic rings. The summed E-state index contributed by atoms with van der Waals surface area (Å²) in [7, 11) is 0. The molecule has 0 aliphatic rings. The zero-order valence-corrected chi connectivity index (χ0v) is 6.94. The van der Waals surface area contributed by atoms with Gasteiger partial charge in [0.1, 0.15) is 0 Å². The van der Waals surface area contributed by atoms with Crippen LogP contribution in [-0.2, 0) is 6.18 Å². The van der Waals surface area contributed by atoms with Gasteiger partial charge in [0.25, 0.3) is 0 Å². The number of nitrogens with zero attached hydrogens (tertiary/aromatic N) is 1. The third-order valence-corrected chi connectivity index (χ3v) is 0.826. The number of nitrogens with one attached hydrogen (secondary N) is 1. The van der Waals surface area contributed by atoms with Gasteiger partial charge in [-0.05, 0) is 0 Å². The van der Waals surface area contributed by atoms with Crippen LogP contribution in [0.2, 0.25) is 0 Å². The molecular formula is C7H11F3N2. The van der Waals surface area contributed by atoms with Crippen molar-refractivity contribution >= 4 is 0 Å². The van der Waals surface area contributed by atoms with Crippen LogP contribution in [0.3, 0.4) is 0 Å². The number of hydrogen-bond acceptors (Lipinski definition) is 1. The average Bonchev–Trinajstić information content (AvgIpc) is 2.36. The van der Waals surface area contributed by atoms with Crippen LogP contribution >= 0.6 is 0 Å². The summed E-state index contributed by atoms with van der Waals surface area (Å²) in [6, 6.07) is 0. The Kier molecular flexibility index (Phi) is 4.39. The van der Waals surface area contributed by atoms with Crippen molar-refractivity contribution in [2.45, 2.75) is 26.4 Å². The molecule has 0 radical (unpaired) electrons. The third-order valence-electron chi connectivity index (χ3n) is 0.826. The molecule has 1 heterocycles. The van der Waals surface area contributed by atoms with Crippen LogP contribution < -0.4 is 0 Å². The Labute approximate surface area is 68.8 Å². The fraction of sp³-hybridized carbons (Fsp3) is 0.571. The summed E-state index contributed by atoms with van der Waals surface area (Å²) >= 11 is 0. The van der Waals surface area contributed by atoms with Crippen molar-refractivity contribution in [3.63, 3.8) is 0 Å². The molecule has 1 aromatic heterocycles. The first kappa shape index (κ1) is 11.0. The van der Waals surface area contributed by atoms with Gasteiger partial charge in [0, 0.05) is 6.20 Å². The Morgan fingerprint density at radius 3 is 2.08 bits per heavy atom. The molecule has 0 saturated carbocycles. The van der Waals surface area contributed by atoms with Crippen LogP contribution in [0.25, 0.3) is 0 Å². The highest BCUT2D eigenvalue weighted by Crippen LogP contribution is 2.27. The summed E-state index contributed by atoms with van der Waals surface area (Å²) in [5, 5.41) is 5.21. The van der Waals surface area contributed by atoms with E-state index in [-0.39, 0.29) is 0 Å². The Morgan fingerprint density at radius 1 is 1.42 bits per heavy atom. The molecule has 0 spiro atoms. The van der Waals surface area contributed by atoms with Crippen molar-refractivity contribution < 1.29 is 13.2 Å². The molecule has 70 valence electrons. The van der Waals surface area contributed by atoms with E-state index in [1.165, 1.54) is 6.42 Å². The smallest absolute Gasteiger partial charge is 0.285 e. The molecule has 1 rings (SSSR count). The maximum atomic E-state index is 11.6. The maximum Gasteiger partial charge on any atom is 0.419 e. The summed E-state index contributed by atoms with van der Waals surface area (Å²) in [6.07, 6.45) is -1.48. The Hall–Kier alpha value is -1.00. The van der Waals surface area contributed by atoms with Crippen LogP contribution in [0, 0.1) is 0 Å². The van der Waals surface area contributed by atoms with Crippen molar-refractivity contribution in [1.29, 1.82) is 0 Å². The van der Waals surface area contributed by atoms with Gasteiger partial charge in [-0.25, -0.2) is 0 Å². The normalized spacial score (nSPS) is 10.4. The highest BCUT2D eigenvalue weighted by Gasteiger charge is 2.31. The number of aromatic nitrogens is 2. The van der Waals surface area contributed by atoms with E-state index in [1.807, 2.05) is 0 Å². The number of halogens is 3. The fourth-order valence-electron chi connectivity index (χ4n) is 0.406. The lowest BCUT2D eigenvalue weighted by Crippen LogP contribution is -2.01. The second-order valence-corrected chi connectivity index (χ2v) is 2.19. The number of rotatable bonds is 0. The Bertz CT molecular complexity index is 191. The van der Waals surface area contributed by atoms with Crippen molar-refractivity contribution in [3.8, 4) is 0 Å². The summed E-state index contributed by atoms with van der Waals surface area (Å²) < 4.78 is 34.7. The van der Waals surface area contributed by atoms with Crippen molar-refractivity contribution in [2.24, 2.45) is 0 Å². The Balaban J connectivity index is 0.000000354. The van der Waals surface area contributed by atoms with E-state index in [0.717, 1.165) is 12.4 Å². The van der Waals surface area contributed by atoms with E-state index in [9.17, 15) is 13.2 Å². The molecule has 12 heavy (non-hydrogen) atoms. The molecule has 0 aliphatic carbocycles. The zero-order valence-electron chi connectivity index (χ0n) is 6.94. The molecule has 0 amide bonds. The first-order valence-corrected chi connectivity index (χ1v) is 3.58. The van der Waals surface area contributed by atoms with Gasteiger partial charge >= 0.3 is 6.18 Å². The molecule has 0 aliphatic heterocycles. The predicted octanol–water partition coefficient (Wildman–Crippen LogP) is 2.84. The molecule has 0 aromatic carbocycles. The monoisotopic (exact) mass is 180 g/mol. The molecule has 5 heteroatoms. The van der Waals surface area contributed by atoms with E-state index in [4.69, 9.17) is 0 Å². The topological polar surface area (TPSA) is 28.7 Å². The van der Waals surface area contributed by atoms with Crippen LogP contribution in [0.1, 0.15) is 25.8 Å². The number of alkyl halides is 3. The first-order valence-electron chi connectivity index (χ1n) is 3.58. The lowest BCUT2D eigenvalue weighted by Gasteiger charge is -1.98. The van der Waals surface area contributed by atoms with E-state index in [1.54, 1.807) is 0 Å². The van der Waals surface area contributed by atoms with Crippen LogP contribution in [-0.4, -0.2) is 10.2 Å². The number of hydrogen-bond donors (Lipinski definition) is 1. The van der Waals surface area contributed by atoms with Crippen LogP contribution in [0.15, 0.2) is 12.4 Å². The molecule has 0 saturated heterocycles. The second-order valence-electron chi connectivity index (χ2n) is 2.19. The predicted molar refractivity (Wildman–Crippen MR) is 39.6 cm³/mol. The highest BCUT2D eigenvalue weighted by molar-refractivity contribution is 5.06. The quantitative estimate of drug-likeness (QED) is 0.653. The lowest BCUT2D eigenvalue weighted by atomic mass is 10.4. The molecular weight excluding hydrogens is 169 g/mol. The molecule has 0 fully saturated rings. The van der Waals surface area contributed by atoms with Gasteiger partial charge in [0.05, 0.1) is 11.8 Å². The summed E-state index contributed by atoms with van der Waals surface area (Å²) in [6.45, 7) is 4.25. The van der Waals surface area contributed by atoms with Gasteiger partial charge in [-0.15, -0.1) is 0 Å². The molecule has 1 N–H and O–H groups in total. The molecule has 0 bridgehead atoms. The van der Waals surface area contributed by atoms with Crippen LogP contribution in [0.4, 0.5) is 13.2 Å². The standard InChI is InChI=1S/C4H3F3N2.C3H8/c5-4(6,7)3-1-8-9-2-3;1-3-2/h1-2H,(H,8,9);3H2,1-2H3. The van der Waals surface area contributed by atoms with E-state index in [2.05, 4.69) is 24.0 Å². The zero-order chi connectivity index (χ0) is 9.61. The van der Waals surface area contributed by atoms with Crippen molar-refractivity contribution in [3.05, 3.63) is 18.0 Å². The molecule has 0 atom stereocenters.